The Hall–Kier alpha value is -11.9. The number of rotatable bonds is 20. The van der Waals surface area contributed by atoms with E-state index in [1.807, 2.05) is 45.0 Å². The highest BCUT2D eigenvalue weighted by molar-refractivity contribution is 6.32. The lowest BCUT2D eigenvalue weighted by molar-refractivity contribution is -0.334. The van der Waals surface area contributed by atoms with Gasteiger partial charge in [-0.3, -0.25) is 52.9 Å². The second-order valence-corrected chi connectivity index (χ2v) is 31.5. The van der Waals surface area contributed by atoms with Crippen molar-refractivity contribution in [2.45, 2.75) is 170 Å². The summed E-state index contributed by atoms with van der Waals surface area (Å²) in [5.41, 5.74) is 3.90. The minimum atomic E-state index is -2.40. The first-order chi connectivity index (χ1) is 58.4. The Balaban J connectivity index is 0.995. The number of aryl methyl sites for hydroxylation is 1. The third kappa shape index (κ3) is 20.4. The average Bonchev–Trinajstić information content (AvgIpc) is 0.764. The number of carbonyl (C=O) groups excluding carboxylic acids is 9. The molecule has 41 heteroatoms. The van der Waals surface area contributed by atoms with Crippen LogP contribution in [0.25, 0.3) is 17.2 Å². The van der Waals surface area contributed by atoms with Gasteiger partial charge in [0.25, 0.3) is 5.91 Å². The van der Waals surface area contributed by atoms with Crippen molar-refractivity contribution in [3.05, 3.63) is 181 Å². The van der Waals surface area contributed by atoms with E-state index in [9.17, 15) is 79.9 Å². The number of aliphatic hydroxyl groups excluding tert-OH is 6. The monoisotopic (exact) mass is 1740 g/mol. The number of hydrogen-bond donors (Lipinski definition) is 21. The minimum absolute atomic E-state index is 0.0273. The highest BCUT2D eigenvalue weighted by Crippen LogP contribution is 2.50. The molecule has 14 rings (SSSR count). The fraction of sp³-hybridized carbons (Fsp3) is 0.378. The van der Waals surface area contributed by atoms with Gasteiger partial charge in [-0.05, 0) is 140 Å². The van der Waals surface area contributed by atoms with Crippen molar-refractivity contribution in [1.29, 1.82) is 0 Å². The Labute approximate surface area is 710 Å². The van der Waals surface area contributed by atoms with E-state index in [1.165, 1.54) is 54.5 Å². The zero-order valence-electron chi connectivity index (χ0n) is 66.5. The fourth-order valence-electron chi connectivity index (χ4n) is 14.9. The van der Waals surface area contributed by atoms with Gasteiger partial charge in [0.2, 0.25) is 59.3 Å². The molecule has 18 atom stereocenters. The summed E-state index contributed by atoms with van der Waals surface area (Å²) in [7, 11) is 1.46. The summed E-state index contributed by atoms with van der Waals surface area (Å²) >= 11 is 14.3. The van der Waals surface area contributed by atoms with Crippen LogP contribution in [-0.4, -0.2) is 213 Å². The number of halogens is 2. The standard InChI is InChI=1S/C82H91Cl2N13O26/c1-34(2)23-47(86-6)73(109)94-64-66(104)39-13-16-51(45(83)25-39)119-53-27-41-28-54(70(53)123-80-71(69(107)68(106)55(33-98)121-80)122-59-32-82(5,72(108)36(4)118-59)87-20-22-97-21-19-57(90-81(97)116)89-58(103)18-11-37-9-7-35(3)8-10-37)120-52-17-14-40(26-46(52)84)67(105)65-78(114)93-63(79(115)96-117)44-29-42(99)30-50(101)60(44)43-24-38(12-15-49(43)100)61(75(111)95-65)92-76(112)62(41)91-74(110)48(31-56(85)102)88-77(64)113/h7-19,21,24-30,34,36,47-48,55,59,61-69,71-72,80,86-87,98-101,104-108,117H,20,22-23,31-33H2,1-6H3,(H2,85,102)(H,88,113)(H,91,110)(H,92,112)(H,93,114)(H,94,109)(H,95,111)(H,96,115)(H,89,90,103,116)/b18-11+/t36-,47+,48-,55+,59-,61+,62+,63+,64+,65-,66+,67+,68+,69-,71+,72+,80-,82-/m0/s1. The highest BCUT2D eigenvalue weighted by Gasteiger charge is 2.52. The number of aromatic hydroxyl groups is 3. The Morgan fingerprint density at radius 2 is 1.37 bits per heavy atom. The van der Waals surface area contributed by atoms with Crippen LogP contribution in [0.15, 0.2) is 126 Å². The molecule has 7 aliphatic heterocycles. The van der Waals surface area contributed by atoms with Crippen LogP contribution < -0.4 is 79.0 Å². The van der Waals surface area contributed by atoms with Gasteiger partial charge in [0.05, 0.1) is 41.3 Å². The molecule has 6 aromatic carbocycles. The zero-order chi connectivity index (χ0) is 88.9. The van der Waals surface area contributed by atoms with E-state index in [0.717, 1.165) is 77.9 Å². The third-order valence-corrected chi connectivity index (χ3v) is 22.0. The molecule has 22 N–H and O–H groups in total. The van der Waals surface area contributed by atoms with E-state index in [-0.39, 0.29) is 60.1 Å². The summed E-state index contributed by atoms with van der Waals surface area (Å²) in [6.07, 6.45) is -15.2. The predicted molar refractivity (Wildman–Crippen MR) is 433 cm³/mol. The molecule has 1 aromatic heterocycles. The lowest BCUT2D eigenvalue weighted by Crippen LogP contribution is -2.65. The topological polar surface area (TPSA) is 593 Å². The maximum Gasteiger partial charge on any atom is 0.349 e. The van der Waals surface area contributed by atoms with Crippen molar-refractivity contribution in [3.8, 4) is 57.1 Å². The highest BCUT2D eigenvalue weighted by atomic mass is 35.5. The number of nitrogens with zero attached hydrogens (tertiary/aromatic N) is 2. The molecule has 7 aliphatic rings. The summed E-state index contributed by atoms with van der Waals surface area (Å²) in [6, 6.07) is 7.92. The van der Waals surface area contributed by atoms with Crippen LogP contribution in [0, 0.1) is 12.8 Å². The van der Waals surface area contributed by atoms with E-state index in [4.69, 9.17) is 57.4 Å². The molecule has 2 saturated heterocycles. The number of anilines is 1. The lowest BCUT2D eigenvalue weighted by atomic mass is 9.85. The quantitative estimate of drug-likeness (QED) is 0.0291. The summed E-state index contributed by atoms with van der Waals surface area (Å²) in [5.74, 6) is -16.6. The van der Waals surface area contributed by atoms with Crippen molar-refractivity contribution in [2.75, 3.05) is 25.5 Å². The van der Waals surface area contributed by atoms with Crippen LogP contribution in [-0.2, 0) is 63.9 Å². The normalized spacial score (nSPS) is 26.2. The van der Waals surface area contributed by atoms with Gasteiger partial charge in [-0.1, -0.05) is 85.1 Å². The maximum absolute atomic E-state index is 16.3. The summed E-state index contributed by atoms with van der Waals surface area (Å²) in [5, 5.41) is 139. The van der Waals surface area contributed by atoms with Crippen LogP contribution in [0.2, 0.25) is 10.0 Å². The van der Waals surface area contributed by atoms with Crippen molar-refractivity contribution >= 4 is 88.3 Å². The zero-order valence-corrected chi connectivity index (χ0v) is 68.0. The number of primary amides is 1. The SMILES string of the molecule is CN[C@H](CC(C)C)C(=O)N[C@H]1C(=O)N[C@@H](CC(N)=O)C(=O)N[C@H]2C(=O)N[C@H]3C(=O)N[C@H](C(=O)N[C@@H](C(=O)NO)c4cc(O)cc(O)c4-c4cc3ccc4O)[C@H](O)c3ccc(c(Cl)c3)Oc3cc2cc(c3O[C@@H]2O[C@H](CO)[C@@H](O)[C@H](O)[C@H]2O[C@H]2C[C@](C)(NCCn3ccc(NC(=O)/C=C/c4ccc(C)cc4)nc3=O)[C@H](O)[C@H](C)O2)Oc2ccc(cc2Cl)[C@H]1O. The molecule has 123 heavy (non-hydrogen) atoms. The number of aromatic nitrogens is 2. The summed E-state index contributed by atoms with van der Waals surface area (Å²) in [6.45, 7) is 7.54. The molecule has 0 radical (unpaired) electrons. The number of nitrogens with two attached hydrogens (primary N) is 1. The molecule has 7 aromatic rings. The van der Waals surface area contributed by atoms with Gasteiger partial charge in [-0.25, -0.2) is 10.3 Å². The first kappa shape index (κ1) is 90.3. The molecule has 8 heterocycles. The molecule has 2 fully saturated rings. The predicted octanol–water partition coefficient (Wildman–Crippen LogP) is 1.38. The number of phenolic OH excluding ortho intramolecular Hbond substituents is 3. The number of hydrogen-bond acceptors (Lipinski definition) is 29. The molecule has 654 valence electrons. The number of fused-ring (bicyclic) bond motifs is 15. The van der Waals surface area contributed by atoms with Gasteiger partial charge in [0.1, 0.15) is 101 Å². The number of likely N-dealkylation sites (N-methyl/N-ethyl adjacent to an activating group) is 1. The molecular formula is C82H91Cl2N13O26. The Morgan fingerprint density at radius 1 is 0.732 bits per heavy atom. The number of nitrogens with one attached hydrogen (secondary N) is 10. The molecule has 39 nitrogen and oxygen atoms in total. The first-order valence-electron chi connectivity index (χ1n) is 38.7. The van der Waals surface area contributed by atoms with E-state index in [2.05, 4.69) is 52.8 Å². The van der Waals surface area contributed by atoms with Crippen molar-refractivity contribution in [2.24, 2.45) is 11.7 Å². The van der Waals surface area contributed by atoms with Crippen LogP contribution in [0.4, 0.5) is 5.82 Å². The van der Waals surface area contributed by atoms with Gasteiger partial charge in [-0.2, -0.15) is 4.98 Å². The fourth-order valence-corrected chi connectivity index (χ4v) is 15.3. The minimum Gasteiger partial charge on any atom is -0.508 e. The number of phenols is 3. The molecule has 9 amide bonds. The van der Waals surface area contributed by atoms with Gasteiger partial charge < -0.3 is 128 Å². The number of amides is 9. The van der Waals surface area contributed by atoms with Crippen molar-refractivity contribution in [3.63, 3.8) is 0 Å². The smallest absolute Gasteiger partial charge is 0.349 e. The van der Waals surface area contributed by atoms with E-state index in [1.54, 1.807) is 13.0 Å². The molecule has 0 saturated carbocycles. The average molecular weight is 1750 g/mol. The molecular weight excluding hydrogens is 1650 g/mol. The van der Waals surface area contributed by atoms with Crippen LogP contribution in [0.5, 0.6) is 46.0 Å². The Morgan fingerprint density at radius 3 is 2.00 bits per heavy atom. The van der Waals surface area contributed by atoms with Gasteiger partial charge in [-0.15, -0.1) is 0 Å². The first-order valence-corrected chi connectivity index (χ1v) is 39.4. The third-order valence-electron chi connectivity index (χ3n) is 21.4. The van der Waals surface area contributed by atoms with Crippen LogP contribution >= 0.6 is 23.2 Å². The number of benzene rings is 6. The number of carbonyl (C=O) groups is 9. The second-order valence-electron chi connectivity index (χ2n) is 30.7. The summed E-state index contributed by atoms with van der Waals surface area (Å²) in [4.78, 5) is 149. The van der Waals surface area contributed by atoms with Gasteiger partial charge in [0.15, 0.2) is 23.9 Å². The number of aliphatic hydroxyl groups is 6. The van der Waals surface area contributed by atoms with E-state index >= 15 is 19.2 Å². The molecule has 11 bridgehead atoms. The van der Waals surface area contributed by atoms with E-state index in [0.29, 0.717) is 0 Å². The van der Waals surface area contributed by atoms with Crippen molar-refractivity contribution in [1.82, 2.24) is 57.6 Å². The van der Waals surface area contributed by atoms with Gasteiger partial charge in [0, 0.05) is 54.5 Å². The van der Waals surface area contributed by atoms with Crippen LogP contribution in [0.3, 0.4) is 0 Å². The van der Waals surface area contributed by atoms with Gasteiger partial charge >= 0.3 is 5.69 Å². The maximum atomic E-state index is 16.3. The lowest BCUT2D eigenvalue weighted by Gasteiger charge is -2.48. The second kappa shape index (κ2) is 38.2. The summed E-state index contributed by atoms with van der Waals surface area (Å²) < 4.78 is 40.6. The number of hydroxylamine groups is 1. The van der Waals surface area contributed by atoms with Crippen molar-refractivity contribution < 1.29 is 123 Å². The van der Waals surface area contributed by atoms with Crippen LogP contribution in [0.1, 0.15) is 116 Å². The molecule has 0 aliphatic carbocycles. The number of ether oxygens (including phenoxy) is 6. The Kier molecular flexibility index (Phi) is 28.1. The Bertz CT molecular complexity index is 5320. The largest absolute Gasteiger partial charge is 0.508 e. The van der Waals surface area contributed by atoms with E-state index < -0.39 is 254 Å². The molecule has 0 unspecified atom stereocenters. The molecule has 0 spiro atoms.